The molecule has 0 fully saturated rings. The zero-order chi connectivity index (χ0) is 12.1. The number of aryl methyl sites for hydroxylation is 1. The van der Waals surface area contributed by atoms with E-state index in [1.54, 1.807) is 0 Å². The van der Waals surface area contributed by atoms with Crippen LogP contribution in [-0.2, 0) is 19.3 Å². The highest BCUT2D eigenvalue weighted by molar-refractivity contribution is 5.66. The van der Waals surface area contributed by atoms with E-state index in [0.717, 1.165) is 19.3 Å². The van der Waals surface area contributed by atoms with Crippen molar-refractivity contribution in [2.75, 3.05) is 0 Å². The summed E-state index contributed by atoms with van der Waals surface area (Å²) in [5.74, 6) is 0. The molecule has 0 bridgehead atoms. The molecule has 0 heteroatoms. The second-order valence-electron chi connectivity index (χ2n) is 3.96. The number of benzene rings is 1. The molecule has 0 aromatic heterocycles. The Bertz CT molecular complexity index is 397. The molecule has 0 aliphatic heterocycles. The molecule has 0 saturated heterocycles. The molecule has 86 valence electrons. The molecule has 1 aromatic rings. The molecular formula is C16H22. The van der Waals surface area contributed by atoms with Crippen LogP contribution in [-0.4, -0.2) is 0 Å². The van der Waals surface area contributed by atoms with Gasteiger partial charge >= 0.3 is 0 Å². The highest BCUT2D eigenvalue weighted by atomic mass is 14.2. The normalized spacial score (nSPS) is 10.2. The van der Waals surface area contributed by atoms with Crippen molar-refractivity contribution in [2.45, 2.75) is 40.0 Å². The van der Waals surface area contributed by atoms with E-state index in [0.29, 0.717) is 0 Å². The zero-order valence-electron chi connectivity index (χ0n) is 10.8. The quantitative estimate of drug-likeness (QED) is 0.668. The maximum Gasteiger partial charge on any atom is -0.0195 e. The molecular weight excluding hydrogens is 192 g/mol. The highest BCUT2D eigenvalue weighted by Gasteiger charge is 2.11. The van der Waals surface area contributed by atoms with E-state index in [4.69, 9.17) is 0 Å². The first-order valence-corrected chi connectivity index (χ1v) is 6.15. The molecule has 0 N–H and O–H groups in total. The van der Waals surface area contributed by atoms with Gasteiger partial charge < -0.3 is 0 Å². The summed E-state index contributed by atoms with van der Waals surface area (Å²) in [5.41, 5.74) is 6.91. The summed E-state index contributed by atoms with van der Waals surface area (Å²) in [6, 6.07) is 2.27. The van der Waals surface area contributed by atoms with Crippen LogP contribution in [0.15, 0.2) is 19.2 Å². The topological polar surface area (TPSA) is 0 Å². The van der Waals surface area contributed by atoms with Crippen molar-refractivity contribution in [2.24, 2.45) is 0 Å². The smallest absolute Gasteiger partial charge is 0.0195 e. The third-order valence-corrected chi connectivity index (χ3v) is 3.23. The van der Waals surface area contributed by atoms with Crippen molar-refractivity contribution < 1.29 is 0 Å². The summed E-state index contributed by atoms with van der Waals surface area (Å²) in [7, 11) is 0. The average Bonchev–Trinajstić information content (AvgIpc) is 2.35. The molecule has 0 radical (unpaired) electrons. The van der Waals surface area contributed by atoms with Crippen LogP contribution in [0.25, 0.3) is 12.2 Å². The van der Waals surface area contributed by atoms with E-state index < -0.39 is 0 Å². The van der Waals surface area contributed by atoms with Gasteiger partial charge in [0.15, 0.2) is 0 Å². The Hall–Kier alpha value is -1.30. The third kappa shape index (κ3) is 2.11. The fraction of sp³-hybridized carbons (Fsp3) is 0.375. The Balaban J connectivity index is 3.60. The summed E-state index contributed by atoms with van der Waals surface area (Å²) in [4.78, 5) is 0. The Morgan fingerprint density at radius 2 is 1.56 bits per heavy atom. The van der Waals surface area contributed by atoms with Crippen molar-refractivity contribution >= 4 is 12.2 Å². The monoisotopic (exact) mass is 214 g/mol. The van der Waals surface area contributed by atoms with Gasteiger partial charge in [0.2, 0.25) is 0 Å². The van der Waals surface area contributed by atoms with Crippen LogP contribution in [0, 0.1) is 0 Å². The summed E-state index contributed by atoms with van der Waals surface area (Å²) < 4.78 is 0. The van der Waals surface area contributed by atoms with Gasteiger partial charge in [-0.1, -0.05) is 52.1 Å². The number of rotatable bonds is 5. The molecule has 0 spiro atoms. The first kappa shape index (κ1) is 12.8. The van der Waals surface area contributed by atoms with Crippen molar-refractivity contribution in [3.8, 4) is 0 Å². The van der Waals surface area contributed by atoms with E-state index in [2.05, 4.69) is 40.0 Å². The first-order chi connectivity index (χ1) is 7.73. The van der Waals surface area contributed by atoms with E-state index in [9.17, 15) is 0 Å². The highest BCUT2D eigenvalue weighted by Crippen LogP contribution is 2.27. The standard InChI is InChI=1S/C16H22/c1-6-12-11-13(7-2)15(9-4)16(10-5)14(12)8-3/h6,9,11H,1,4,7-8,10H2,2-3,5H3. The predicted octanol–water partition coefficient (Wildman–Crippen LogP) is 4.66. The van der Waals surface area contributed by atoms with Crippen LogP contribution in [0.2, 0.25) is 0 Å². The molecule has 0 nitrogen and oxygen atoms in total. The van der Waals surface area contributed by atoms with Gasteiger partial charge in [-0.05, 0) is 47.1 Å². The minimum absolute atomic E-state index is 1.05. The summed E-state index contributed by atoms with van der Waals surface area (Å²) in [6.07, 6.45) is 7.17. The second kappa shape index (κ2) is 5.69. The van der Waals surface area contributed by atoms with E-state index in [1.165, 1.54) is 27.8 Å². The van der Waals surface area contributed by atoms with Gasteiger partial charge in [-0.2, -0.15) is 0 Å². The van der Waals surface area contributed by atoms with Crippen molar-refractivity contribution in [3.63, 3.8) is 0 Å². The molecule has 0 atom stereocenters. The molecule has 0 aliphatic carbocycles. The predicted molar refractivity (Wildman–Crippen MR) is 74.8 cm³/mol. The van der Waals surface area contributed by atoms with Gasteiger partial charge in [0.1, 0.15) is 0 Å². The van der Waals surface area contributed by atoms with E-state index >= 15 is 0 Å². The van der Waals surface area contributed by atoms with Crippen LogP contribution in [0.1, 0.15) is 48.6 Å². The Morgan fingerprint density at radius 3 is 1.94 bits per heavy atom. The first-order valence-electron chi connectivity index (χ1n) is 6.15. The van der Waals surface area contributed by atoms with Crippen molar-refractivity contribution in [1.29, 1.82) is 0 Å². The largest absolute Gasteiger partial charge is 0.0985 e. The Morgan fingerprint density at radius 1 is 0.938 bits per heavy atom. The summed E-state index contributed by atoms with van der Waals surface area (Å²) in [5, 5.41) is 0. The maximum atomic E-state index is 3.95. The summed E-state index contributed by atoms with van der Waals surface area (Å²) in [6.45, 7) is 14.5. The molecule has 16 heavy (non-hydrogen) atoms. The van der Waals surface area contributed by atoms with Crippen LogP contribution in [0.5, 0.6) is 0 Å². The molecule has 1 aromatic carbocycles. The Kier molecular flexibility index (Phi) is 4.54. The molecule has 0 heterocycles. The maximum absolute atomic E-state index is 3.95. The lowest BCUT2D eigenvalue weighted by Crippen LogP contribution is -2.02. The lowest BCUT2D eigenvalue weighted by molar-refractivity contribution is 1.00. The zero-order valence-corrected chi connectivity index (χ0v) is 10.8. The lowest BCUT2D eigenvalue weighted by atomic mass is 9.88. The van der Waals surface area contributed by atoms with Crippen LogP contribution >= 0.6 is 0 Å². The lowest BCUT2D eigenvalue weighted by Gasteiger charge is -2.17. The minimum atomic E-state index is 1.05. The van der Waals surface area contributed by atoms with Crippen LogP contribution < -0.4 is 0 Å². The van der Waals surface area contributed by atoms with Gasteiger partial charge in [-0.15, -0.1) is 0 Å². The van der Waals surface area contributed by atoms with Crippen LogP contribution in [0.4, 0.5) is 0 Å². The van der Waals surface area contributed by atoms with Gasteiger partial charge in [-0.25, -0.2) is 0 Å². The van der Waals surface area contributed by atoms with Crippen LogP contribution in [0.3, 0.4) is 0 Å². The van der Waals surface area contributed by atoms with Gasteiger partial charge in [0, 0.05) is 0 Å². The van der Waals surface area contributed by atoms with E-state index in [1.807, 2.05) is 12.2 Å². The number of hydrogen-bond acceptors (Lipinski definition) is 0. The third-order valence-electron chi connectivity index (χ3n) is 3.23. The van der Waals surface area contributed by atoms with Crippen molar-refractivity contribution in [1.82, 2.24) is 0 Å². The molecule has 0 aliphatic rings. The van der Waals surface area contributed by atoms with Gasteiger partial charge in [-0.3, -0.25) is 0 Å². The molecule has 0 amide bonds. The SMILES string of the molecule is C=Cc1cc(CC)c(C=C)c(CC)c1CC. The average molecular weight is 214 g/mol. The summed E-state index contributed by atoms with van der Waals surface area (Å²) >= 11 is 0. The molecule has 0 unspecified atom stereocenters. The second-order valence-corrected chi connectivity index (χ2v) is 3.96. The molecule has 1 rings (SSSR count). The van der Waals surface area contributed by atoms with E-state index in [-0.39, 0.29) is 0 Å². The number of hydrogen-bond donors (Lipinski definition) is 0. The molecule has 0 saturated carbocycles. The fourth-order valence-electron chi connectivity index (χ4n) is 2.43. The van der Waals surface area contributed by atoms with Crippen molar-refractivity contribution in [3.05, 3.63) is 47.0 Å². The fourth-order valence-corrected chi connectivity index (χ4v) is 2.43. The van der Waals surface area contributed by atoms with Gasteiger partial charge in [0.05, 0.1) is 0 Å². The minimum Gasteiger partial charge on any atom is -0.0985 e. The Labute approximate surface area is 99.7 Å². The van der Waals surface area contributed by atoms with Gasteiger partial charge in [0.25, 0.3) is 0 Å².